The van der Waals surface area contributed by atoms with Crippen molar-refractivity contribution in [3.8, 4) is 11.6 Å². The molecule has 0 aliphatic rings. The van der Waals surface area contributed by atoms with E-state index >= 15 is 0 Å². The van der Waals surface area contributed by atoms with Gasteiger partial charge in [0.05, 0.1) is 10.6 Å². The minimum absolute atomic E-state index is 0.0645. The highest BCUT2D eigenvalue weighted by atomic mass is 35.5. The Morgan fingerprint density at radius 3 is 2.78 bits per heavy atom. The first-order valence-electron chi connectivity index (χ1n) is 7.19. The molecule has 0 saturated carbocycles. The predicted molar refractivity (Wildman–Crippen MR) is 90.1 cm³/mol. The quantitative estimate of drug-likeness (QED) is 0.611. The summed E-state index contributed by atoms with van der Waals surface area (Å²) in [5.41, 5.74) is -1.06. The van der Waals surface area contributed by atoms with Crippen LogP contribution >= 0.6 is 22.9 Å². The maximum Gasteiger partial charge on any atom is 0.322 e. The first-order chi connectivity index (χ1) is 12.8. The van der Waals surface area contributed by atoms with E-state index in [0.717, 1.165) is 18.2 Å². The minimum atomic E-state index is -3.82. The second kappa shape index (κ2) is 7.53. The molecular weight excluding hydrogens is 412 g/mol. The minimum Gasteiger partial charge on any atom is -0.437 e. The summed E-state index contributed by atoms with van der Waals surface area (Å²) in [5.74, 6) is -5.47. The van der Waals surface area contributed by atoms with Gasteiger partial charge in [0, 0.05) is 12.3 Å². The highest BCUT2D eigenvalue weighted by Gasteiger charge is 2.36. The van der Waals surface area contributed by atoms with Crippen molar-refractivity contribution >= 4 is 28.6 Å². The third kappa shape index (κ3) is 4.19. The van der Waals surface area contributed by atoms with E-state index in [1.807, 2.05) is 0 Å². The number of ether oxygens (including phenoxy) is 1. The van der Waals surface area contributed by atoms with Gasteiger partial charge < -0.3 is 4.74 Å². The Morgan fingerprint density at radius 2 is 2.11 bits per heavy atom. The largest absolute Gasteiger partial charge is 0.437 e. The number of rotatable bonds is 5. The van der Waals surface area contributed by atoms with Crippen LogP contribution in [0.2, 0.25) is 5.02 Å². The lowest BCUT2D eigenvalue weighted by Gasteiger charge is -2.16. The van der Waals surface area contributed by atoms with Crippen LogP contribution in [0.4, 0.5) is 23.2 Å². The van der Waals surface area contributed by atoms with Gasteiger partial charge in [-0.25, -0.2) is 18.8 Å². The summed E-state index contributed by atoms with van der Waals surface area (Å²) < 4.78 is 59.5. The standard InChI is InChI=1S/C15H9ClF4N4O2S/c16-8-4-9(18)10(22-13-23-24-14(25)27-13)5-11(8)26-12-7(2-1-3-21-12)15(19,20)6-17/h1-5H,6H2,(H,22,23)(H,24,25). The number of nitrogens with one attached hydrogen (secondary N) is 2. The molecule has 142 valence electrons. The van der Waals surface area contributed by atoms with Gasteiger partial charge in [0.2, 0.25) is 10.7 Å². The molecule has 3 rings (SSSR count). The summed E-state index contributed by atoms with van der Waals surface area (Å²) >= 11 is 6.59. The van der Waals surface area contributed by atoms with E-state index < -0.39 is 34.7 Å². The third-order valence-corrected chi connectivity index (χ3v) is 4.19. The van der Waals surface area contributed by atoms with Crippen LogP contribution in [-0.4, -0.2) is 21.9 Å². The smallest absolute Gasteiger partial charge is 0.322 e. The van der Waals surface area contributed by atoms with Crippen molar-refractivity contribution < 1.29 is 22.3 Å². The summed E-state index contributed by atoms with van der Waals surface area (Å²) in [7, 11) is 0. The van der Waals surface area contributed by atoms with E-state index in [1.165, 1.54) is 12.3 Å². The Kier molecular flexibility index (Phi) is 5.33. The first-order valence-corrected chi connectivity index (χ1v) is 8.38. The first kappa shape index (κ1) is 19.1. The average Bonchev–Trinajstić information content (AvgIpc) is 3.04. The fourth-order valence-electron chi connectivity index (χ4n) is 2.01. The van der Waals surface area contributed by atoms with Crippen molar-refractivity contribution in [3.05, 3.63) is 61.3 Å². The van der Waals surface area contributed by atoms with Crippen LogP contribution in [0.1, 0.15) is 5.56 Å². The zero-order chi connectivity index (χ0) is 19.6. The molecule has 3 aromatic rings. The monoisotopic (exact) mass is 420 g/mol. The number of aromatic amines is 2. The lowest BCUT2D eigenvalue weighted by molar-refractivity contribution is -0.0300. The Morgan fingerprint density at radius 1 is 1.33 bits per heavy atom. The van der Waals surface area contributed by atoms with Gasteiger partial charge in [-0.2, -0.15) is 8.78 Å². The molecule has 0 bridgehead atoms. The van der Waals surface area contributed by atoms with E-state index in [9.17, 15) is 22.4 Å². The summed E-state index contributed by atoms with van der Waals surface area (Å²) in [4.78, 5) is 18.3. The van der Waals surface area contributed by atoms with Crippen LogP contribution in [0.5, 0.6) is 11.6 Å². The summed E-state index contributed by atoms with van der Waals surface area (Å²) in [6.45, 7) is -1.95. The molecule has 0 fully saturated rings. The van der Waals surface area contributed by atoms with Gasteiger partial charge in [-0.15, -0.1) is 0 Å². The van der Waals surface area contributed by atoms with Crippen molar-refractivity contribution in [2.24, 2.45) is 4.99 Å². The third-order valence-electron chi connectivity index (χ3n) is 3.22. The second-order valence-electron chi connectivity index (χ2n) is 5.09. The van der Waals surface area contributed by atoms with Gasteiger partial charge in [-0.3, -0.25) is 15.0 Å². The molecule has 0 saturated heterocycles. The zero-order valence-electron chi connectivity index (χ0n) is 13.1. The number of halogens is 5. The van der Waals surface area contributed by atoms with Crippen molar-refractivity contribution in [3.63, 3.8) is 0 Å². The highest BCUT2D eigenvalue weighted by Crippen LogP contribution is 2.39. The number of H-pyrrole nitrogens is 2. The van der Waals surface area contributed by atoms with Crippen LogP contribution < -0.4 is 14.4 Å². The molecule has 0 aliphatic carbocycles. The second-order valence-corrected chi connectivity index (χ2v) is 6.46. The van der Waals surface area contributed by atoms with Gasteiger partial charge in [0.15, 0.2) is 12.5 Å². The lowest BCUT2D eigenvalue weighted by atomic mass is 10.1. The van der Waals surface area contributed by atoms with E-state index in [0.29, 0.717) is 11.3 Å². The predicted octanol–water partition coefficient (Wildman–Crippen LogP) is 4.04. The van der Waals surface area contributed by atoms with Crippen LogP contribution in [0.25, 0.3) is 0 Å². The maximum absolute atomic E-state index is 14.1. The van der Waals surface area contributed by atoms with E-state index in [4.69, 9.17) is 16.3 Å². The number of alkyl halides is 3. The molecule has 2 aromatic heterocycles. The fraction of sp³-hybridized carbons (Fsp3) is 0.133. The van der Waals surface area contributed by atoms with E-state index in [2.05, 4.69) is 20.2 Å². The van der Waals surface area contributed by atoms with E-state index in [1.54, 1.807) is 0 Å². The summed E-state index contributed by atoms with van der Waals surface area (Å²) in [5, 5.41) is 4.42. The molecule has 0 aliphatic heterocycles. The molecule has 1 aromatic carbocycles. The topological polar surface area (TPSA) is 83.1 Å². The Labute approximate surface area is 157 Å². The van der Waals surface area contributed by atoms with Crippen LogP contribution in [0.15, 0.2) is 40.2 Å². The molecule has 2 N–H and O–H groups in total. The van der Waals surface area contributed by atoms with Gasteiger partial charge in [0.25, 0.3) is 0 Å². The number of nitrogens with zero attached hydrogens (tertiary/aromatic N) is 2. The molecule has 27 heavy (non-hydrogen) atoms. The van der Waals surface area contributed by atoms with Crippen molar-refractivity contribution in [1.29, 1.82) is 0 Å². The zero-order valence-corrected chi connectivity index (χ0v) is 14.7. The van der Waals surface area contributed by atoms with Gasteiger partial charge >= 0.3 is 10.8 Å². The van der Waals surface area contributed by atoms with Gasteiger partial charge in [0.1, 0.15) is 11.4 Å². The Balaban J connectivity index is 2.04. The van der Waals surface area contributed by atoms with Crippen LogP contribution in [0.3, 0.4) is 0 Å². The Hall–Kier alpha value is -2.66. The normalized spacial score (nSPS) is 12.4. The van der Waals surface area contributed by atoms with Crippen molar-refractivity contribution in [2.75, 3.05) is 6.67 Å². The number of hydrogen-bond donors (Lipinski definition) is 2. The van der Waals surface area contributed by atoms with E-state index in [-0.39, 0.29) is 21.3 Å². The molecule has 0 radical (unpaired) electrons. The van der Waals surface area contributed by atoms with Crippen LogP contribution in [-0.2, 0) is 5.92 Å². The lowest BCUT2D eigenvalue weighted by Crippen LogP contribution is -2.17. The van der Waals surface area contributed by atoms with Crippen molar-refractivity contribution in [2.45, 2.75) is 5.92 Å². The summed E-state index contributed by atoms with van der Waals surface area (Å²) in [6.07, 6.45) is 1.17. The molecule has 0 amide bonds. The number of pyridine rings is 1. The fourth-order valence-corrected chi connectivity index (χ4v) is 2.73. The SMILES string of the molecule is O=c1[nH][nH]/c(=N/c2cc(Oc3ncccc3C(F)(F)CF)c(Cl)cc2F)s1. The highest BCUT2D eigenvalue weighted by molar-refractivity contribution is 7.06. The molecule has 0 atom stereocenters. The van der Waals surface area contributed by atoms with Gasteiger partial charge in [-0.1, -0.05) is 11.6 Å². The number of aromatic nitrogens is 3. The molecule has 0 unspecified atom stereocenters. The average molecular weight is 421 g/mol. The Bertz CT molecular complexity index is 1100. The maximum atomic E-state index is 14.1. The molecule has 12 heteroatoms. The molecule has 0 spiro atoms. The molecule has 6 nitrogen and oxygen atoms in total. The van der Waals surface area contributed by atoms with Crippen molar-refractivity contribution in [1.82, 2.24) is 15.2 Å². The number of benzene rings is 1. The molecule has 2 heterocycles. The number of hydrogen-bond acceptors (Lipinski definition) is 5. The van der Waals surface area contributed by atoms with Gasteiger partial charge in [-0.05, 0) is 29.5 Å². The van der Waals surface area contributed by atoms with Crippen LogP contribution in [0, 0.1) is 5.82 Å². The summed E-state index contributed by atoms with van der Waals surface area (Å²) in [6, 6.07) is 4.06. The molecular formula is C15H9ClF4N4O2S.